The summed E-state index contributed by atoms with van der Waals surface area (Å²) >= 11 is 0. The summed E-state index contributed by atoms with van der Waals surface area (Å²) in [7, 11) is 1.75. The molecule has 8 aromatic carbocycles. The lowest BCUT2D eigenvalue weighted by Crippen LogP contribution is -1.94. The number of rotatable bonds is 10. The van der Waals surface area contributed by atoms with Gasteiger partial charge in [0.25, 0.3) is 0 Å². The van der Waals surface area contributed by atoms with Crippen molar-refractivity contribution in [1.82, 2.24) is 15.0 Å². The first kappa shape index (κ1) is 41.9. The first-order valence-electron chi connectivity index (χ1n) is 23.0. The molecule has 3 aromatic heterocycles. The lowest BCUT2D eigenvalue weighted by atomic mass is 9.86. The fourth-order valence-corrected chi connectivity index (χ4v) is 9.38. The van der Waals surface area contributed by atoms with Crippen molar-refractivity contribution in [1.29, 1.82) is 0 Å². The second-order valence-corrected chi connectivity index (χ2v) is 17.4. The van der Waals surface area contributed by atoms with Crippen molar-refractivity contribution < 1.29 is 4.74 Å². The molecular weight excluding hydrogens is 827 g/mol. The van der Waals surface area contributed by atoms with Crippen molar-refractivity contribution in [2.75, 3.05) is 7.11 Å². The maximum atomic E-state index is 6.20. The second-order valence-electron chi connectivity index (χ2n) is 17.4. The van der Waals surface area contributed by atoms with Crippen LogP contribution in [-0.2, 0) is 0 Å². The molecule has 0 radical (unpaired) electrons. The van der Waals surface area contributed by atoms with E-state index in [2.05, 4.69) is 218 Å². The molecule has 0 atom stereocenters. The molecule has 0 spiro atoms. The summed E-state index contributed by atoms with van der Waals surface area (Å²) in [6.45, 7) is 4.21. The van der Waals surface area contributed by atoms with E-state index in [1.165, 1.54) is 11.1 Å². The third-order valence-electron chi connectivity index (χ3n) is 12.9. The number of hydrogen-bond acceptors (Lipinski definition) is 4. The highest BCUT2D eigenvalue weighted by Crippen LogP contribution is 2.44. The summed E-state index contributed by atoms with van der Waals surface area (Å²) in [5.41, 5.74) is 21.8. The van der Waals surface area contributed by atoms with Gasteiger partial charge in [-0.05, 0) is 152 Å². The topological polar surface area (TPSA) is 47.9 Å². The molecule has 3 heterocycles. The van der Waals surface area contributed by atoms with Crippen molar-refractivity contribution in [3.05, 3.63) is 242 Å². The van der Waals surface area contributed by atoms with Gasteiger partial charge in [-0.1, -0.05) is 152 Å². The molecule has 0 bridgehead atoms. The molecule has 0 aliphatic heterocycles. The average Bonchev–Trinajstić information content (AvgIpc) is 3.40. The summed E-state index contributed by atoms with van der Waals surface area (Å²) < 4.78 is 6.20. The van der Waals surface area contributed by atoms with Crippen LogP contribution in [0.1, 0.15) is 11.1 Å². The highest BCUT2D eigenvalue weighted by atomic mass is 16.5. The van der Waals surface area contributed by atoms with Crippen molar-refractivity contribution in [2.45, 2.75) is 13.8 Å². The summed E-state index contributed by atoms with van der Waals surface area (Å²) in [5, 5.41) is 2.26. The van der Waals surface area contributed by atoms with Crippen molar-refractivity contribution in [2.24, 2.45) is 0 Å². The van der Waals surface area contributed by atoms with Crippen LogP contribution in [0, 0.1) is 13.8 Å². The summed E-state index contributed by atoms with van der Waals surface area (Å²) in [5.74, 6) is 0.783. The third kappa shape index (κ3) is 8.36. The molecule has 4 heteroatoms. The Labute approximate surface area is 397 Å². The maximum absolute atomic E-state index is 6.20. The molecule has 11 rings (SSSR count). The highest BCUT2D eigenvalue weighted by Gasteiger charge is 2.19. The first-order valence-corrected chi connectivity index (χ1v) is 23.0. The Kier molecular flexibility index (Phi) is 11.3. The summed E-state index contributed by atoms with van der Waals surface area (Å²) in [4.78, 5) is 14.2. The van der Waals surface area contributed by atoms with Crippen LogP contribution >= 0.6 is 0 Å². The van der Waals surface area contributed by atoms with Gasteiger partial charge >= 0.3 is 0 Å². The number of aryl methyl sites for hydroxylation is 2. The Balaban J connectivity index is 1.06. The van der Waals surface area contributed by atoms with E-state index in [4.69, 9.17) is 9.72 Å². The van der Waals surface area contributed by atoms with Crippen molar-refractivity contribution in [3.8, 4) is 106 Å². The highest BCUT2D eigenvalue weighted by molar-refractivity contribution is 5.95. The number of pyridine rings is 3. The Morgan fingerprint density at radius 2 is 0.691 bits per heavy atom. The number of benzene rings is 8. The Morgan fingerprint density at radius 3 is 1.18 bits per heavy atom. The second kappa shape index (κ2) is 18.3. The zero-order valence-electron chi connectivity index (χ0n) is 38.2. The van der Waals surface area contributed by atoms with E-state index in [-0.39, 0.29) is 0 Å². The minimum Gasteiger partial charge on any atom is -0.496 e. The number of fused-ring (bicyclic) bond motifs is 1. The number of nitrogens with zero attached hydrogens (tertiary/aromatic N) is 3. The molecular formula is C64H47N3O. The molecule has 0 aliphatic rings. The predicted molar refractivity (Wildman–Crippen MR) is 282 cm³/mol. The van der Waals surface area contributed by atoms with Gasteiger partial charge in [0.15, 0.2) is 0 Å². The van der Waals surface area contributed by atoms with Crippen LogP contribution in [0.5, 0.6) is 5.75 Å². The Hall–Kier alpha value is -8.73. The normalized spacial score (nSPS) is 11.2. The standard InChI is InChI=1S/C64H47N3O/c1-42-30-32-65-61(34-42)46-24-20-44(21-25-46)54-14-6-8-16-56(54)51-36-52(57-17-9-7-15-55(57)45-22-26-47(27-23-45)62-35-43(2)31-33-66-62)38-53(37-51)58-18-10-11-19-59(58)60-29-28-49(40-64(60)68-3)63-39-48-12-4-5-13-50(48)41-67-63/h4-41H,1-3H3. The van der Waals surface area contributed by atoms with E-state index in [0.717, 1.165) is 117 Å². The monoisotopic (exact) mass is 873 g/mol. The molecule has 0 aliphatic carbocycles. The van der Waals surface area contributed by atoms with Gasteiger partial charge in [0.1, 0.15) is 5.75 Å². The van der Waals surface area contributed by atoms with Gasteiger partial charge in [0.2, 0.25) is 0 Å². The molecule has 4 nitrogen and oxygen atoms in total. The van der Waals surface area contributed by atoms with Gasteiger partial charge in [-0.25, -0.2) is 0 Å². The molecule has 0 saturated heterocycles. The molecule has 0 N–H and O–H groups in total. The maximum Gasteiger partial charge on any atom is 0.127 e. The average molecular weight is 874 g/mol. The van der Waals surface area contributed by atoms with Crippen molar-refractivity contribution >= 4 is 10.8 Å². The molecule has 0 amide bonds. The fourth-order valence-electron chi connectivity index (χ4n) is 9.38. The van der Waals surface area contributed by atoms with Crippen LogP contribution in [0.25, 0.3) is 111 Å². The minimum atomic E-state index is 0.783. The number of aromatic nitrogens is 3. The van der Waals surface area contributed by atoms with E-state index in [0.29, 0.717) is 0 Å². The quantitative estimate of drug-likeness (QED) is 0.137. The van der Waals surface area contributed by atoms with Gasteiger partial charge in [0.05, 0.1) is 24.2 Å². The van der Waals surface area contributed by atoms with Crippen LogP contribution in [0.3, 0.4) is 0 Å². The fraction of sp³-hybridized carbons (Fsp3) is 0.0469. The van der Waals surface area contributed by atoms with Gasteiger partial charge in [-0.15, -0.1) is 0 Å². The molecule has 0 fully saturated rings. The van der Waals surface area contributed by atoms with Gasteiger partial charge in [-0.2, -0.15) is 0 Å². The third-order valence-corrected chi connectivity index (χ3v) is 12.9. The number of ether oxygens (including phenoxy) is 1. The molecule has 0 saturated carbocycles. The Morgan fingerprint density at radius 1 is 0.294 bits per heavy atom. The van der Waals surface area contributed by atoms with Crippen LogP contribution < -0.4 is 4.74 Å². The largest absolute Gasteiger partial charge is 0.496 e. The van der Waals surface area contributed by atoms with Crippen LogP contribution in [0.2, 0.25) is 0 Å². The van der Waals surface area contributed by atoms with Crippen LogP contribution in [0.4, 0.5) is 0 Å². The predicted octanol–water partition coefficient (Wildman–Crippen LogP) is 16.7. The number of methoxy groups -OCH3 is 1. The smallest absolute Gasteiger partial charge is 0.127 e. The van der Waals surface area contributed by atoms with Gasteiger partial charge in [-0.3, -0.25) is 15.0 Å². The zero-order valence-corrected chi connectivity index (χ0v) is 38.2. The van der Waals surface area contributed by atoms with Gasteiger partial charge in [0, 0.05) is 46.2 Å². The molecule has 11 aromatic rings. The summed E-state index contributed by atoms with van der Waals surface area (Å²) in [6, 6.07) is 76.0. The lowest BCUT2D eigenvalue weighted by Gasteiger charge is -2.19. The lowest BCUT2D eigenvalue weighted by molar-refractivity contribution is 0.416. The Bertz CT molecular complexity index is 3480. The van der Waals surface area contributed by atoms with E-state index in [1.54, 1.807) is 7.11 Å². The molecule has 68 heavy (non-hydrogen) atoms. The minimum absolute atomic E-state index is 0.783. The molecule has 0 unspecified atom stereocenters. The van der Waals surface area contributed by atoms with Crippen molar-refractivity contribution in [3.63, 3.8) is 0 Å². The molecule has 324 valence electrons. The van der Waals surface area contributed by atoms with E-state index < -0.39 is 0 Å². The van der Waals surface area contributed by atoms with E-state index in [9.17, 15) is 0 Å². The zero-order chi connectivity index (χ0) is 46.0. The van der Waals surface area contributed by atoms with Gasteiger partial charge < -0.3 is 4.74 Å². The van der Waals surface area contributed by atoms with E-state index in [1.807, 2.05) is 36.8 Å². The van der Waals surface area contributed by atoms with Crippen LogP contribution in [-0.4, -0.2) is 22.1 Å². The number of hydrogen-bond donors (Lipinski definition) is 0. The SMILES string of the molecule is COc1cc(-c2cc3ccccc3cn2)ccc1-c1ccccc1-c1cc(-c2ccccc2-c2ccc(-c3cc(C)ccn3)cc2)cc(-c2ccccc2-c2ccc(-c3cc(C)ccn3)cc2)c1. The van der Waals surface area contributed by atoms with Crippen LogP contribution in [0.15, 0.2) is 231 Å². The summed E-state index contributed by atoms with van der Waals surface area (Å²) in [6.07, 6.45) is 5.69. The first-order chi connectivity index (χ1) is 33.5. The van der Waals surface area contributed by atoms with E-state index >= 15 is 0 Å².